The second-order valence-corrected chi connectivity index (χ2v) is 5.88. The zero-order valence-electron chi connectivity index (χ0n) is 13.3. The lowest BCUT2D eigenvalue weighted by molar-refractivity contribution is -0.160. The van der Waals surface area contributed by atoms with E-state index in [-0.39, 0.29) is 0 Å². The van der Waals surface area contributed by atoms with E-state index < -0.39 is 60.9 Å². The number of amides is 3. The Bertz CT molecular complexity index is 591. The molecule has 0 unspecified atom stereocenters. The lowest BCUT2D eigenvalue weighted by atomic mass is 9.85. The smallest absolute Gasteiger partial charge is 0.405 e. The summed E-state index contributed by atoms with van der Waals surface area (Å²) in [5.74, 6) is -4.15. The molecule has 3 amide bonds. The first kappa shape index (κ1) is 18.9. The van der Waals surface area contributed by atoms with Gasteiger partial charge in [0, 0.05) is 0 Å². The van der Waals surface area contributed by atoms with E-state index >= 15 is 0 Å². The minimum absolute atomic E-state index is 0.410. The first-order chi connectivity index (χ1) is 11.6. The monoisotopic (exact) mass is 362 g/mol. The molecule has 7 nitrogen and oxygen atoms in total. The summed E-state index contributed by atoms with van der Waals surface area (Å²) in [5, 5.41) is 1.55. The van der Waals surface area contributed by atoms with E-state index in [2.05, 4.69) is 4.74 Å². The number of carbonyl (C=O) groups is 4. The maximum Gasteiger partial charge on any atom is 0.405 e. The highest BCUT2D eigenvalue weighted by atomic mass is 19.4. The number of rotatable bonds is 5. The molecule has 0 aromatic rings. The molecule has 1 aliphatic carbocycles. The van der Waals surface area contributed by atoms with E-state index in [4.69, 9.17) is 0 Å². The molecule has 10 heteroatoms. The summed E-state index contributed by atoms with van der Waals surface area (Å²) in [6.45, 7) is -1.20. The van der Waals surface area contributed by atoms with Crippen molar-refractivity contribution in [3.63, 3.8) is 0 Å². The topological polar surface area (TPSA) is 92.8 Å². The number of esters is 1. The van der Waals surface area contributed by atoms with E-state index in [1.165, 1.54) is 6.92 Å². The number of fused-ring (bicyclic) bond motifs is 1. The molecule has 2 aliphatic rings. The van der Waals surface area contributed by atoms with Crippen molar-refractivity contribution >= 4 is 23.7 Å². The van der Waals surface area contributed by atoms with Gasteiger partial charge in [0.05, 0.1) is 11.8 Å². The molecule has 1 fully saturated rings. The van der Waals surface area contributed by atoms with E-state index in [1.54, 1.807) is 17.5 Å². The number of nitrogens with zero attached hydrogens (tertiary/aromatic N) is 1. The van der Waals surface area contributed by atoms with Crippen LogP contribution in [0.4, 0.5) is 13.2 Å². The van der Waals surface area contributed by atoms with E-state index in [9.17, 15) is 32.3 Å². The van der Waals surface area contributed by atoms with Crippen LogP contribution in [0.3, 0.4) is 0 Å². The fourth-order valence-electron chi connectivity index (χ4n) is 2.82. The predicted molar refractivity (Wildman–Crippen MR) is 76.7 cm³/mol. The Morgan fingerprint density at radius 3 is 2.24 bits per heavy atom. The standard InChI is InChI=1S/C15H17F3N2O5/c1-8(14(24)25-6-11(21)19-7-15(16,17)18)20-12(22)9-4-2-3-5-10(9)13(20)23/h2-3,8-10H,4-7H2,1H3,(H,19,21)/t8-,9-,10-/m0/s1. The third-order valence-electron chi connectivity index (χ3n) is 4.10. The van der Waals surface area contributed by atoms with Crippen LogP contribution < -0.4 is 5.32 Å². The highest BCUT2D eigenvalue weighted by molar-refractivity contribution is 6.08. The maximum absolute atomic E-state index is 12.3. The Labute approximate surface area is 141 Å². The molecular weight excluding hydrogens is 345 g/mol. The van der Waals surface area contributed by atoms with Crippen LogP contribution in [-0.2, 0) is 23.9 Å². The van der Waals surface area contributed by atoms with E-state index in [1.807, 2.05) is 0 Å². The normalized spacial score (nSPS) is 24.1. The van der Waals surface area contributed by atoms with E-state index in [0.717, 1.165) is 4.90 Å². The molecule has 1 aliphatic heterocycles. The molecule has 1 N–H and O–H groups in total. The largest absolute Gasteiger partial charge is 0.454 e. The third kappa shape index (κ3) is 4.37. The summed E-state index contributed by atoms with van der Waals surface area (Å²) in [7, 11) is 0. The molecule has 1 heterocycles. The molecule has 0 aromatic heterocycles. The fraction of sp³-hybridized carbons (Fsp3) is 0.600. The van der Waals surface area contributed by atoms with Gasteiger partial charge in [0.25, 0.3) is 5.91 Å². The van der Waals surface area contributed by atoms with Crippen LogP contribution >= 0.6 is 0 Å². The van der Waals surface area contributed by atoms with Crippen LogP contribution in [0, 0.1) is 11.8 Å². The highest BCUT2D eigenvalue weighted by Gasteiger charge is 2.50. The van der Waals surface area contributed by atoms with Gasteiger partial charge in [-0.05, 0) is 19.8 Å². The van der Waals surface area contributed by atoms with Gasteiger partial charge >= 0.3 is 12.1 Å². The molecule has 0 spiro atoms. The molecule has 0 radical (unpaired) electrons. The van der Waals surface area contributed by atoms with Crippen molar-refractivity contribution in [3.8, 4) is 0 Å². The van der Waals surface area contributed by atoms with Gasteiger partial charge in [-0.15, -0.1) is 0 Å². The Morgan fingerprint density at radius 1 is 1.24 bits per heavy atom. The van der Waals surface area contributed by atoms with Crippen molar-refractivity contribution in [1.82, 2.24) is 10.2 Å². The summed E-state index contributed by atoms with van der Waals surface area (Å²) in [6, 6.07) is -1.25. The van der Waals surface area contributed by atoms with Gasteiger partial charge in [-0.3, -0.25) is 19.3 Å². The van der Waals surface area contributed by atoms with Crippen LogP contribution in [0.5, 0.6) is 0 Å². The molecule has 0 saturated carbocycles. The van der Waals surface area contributed by atoms with Gasteiger partial charge in [0.1, 0.15) is 12.6 Å². The number of hydrogen-bond donors (Lipinski definition) is 1. The first-order valence-corrected chi connectivity index (χ1v) is 7.64. The summed E-state index contributed by atoms with van der Waals surface area (Å²) >= 11 is 0. The van der Waals surface area contributed by atoms with Crippen LogP contribution in [-0.4, -0.2) is 54.0 Å². The van der Waals surface area contributed by atoms with E-state index in [0.29, 0.717) is 12.8 Å². The zero-order chi connectivity index (χ0) is 18.8. The minimum atomic E-state index is -4.58. The molecule has 0 aromatic carbocycles. The van der Waals surface area contributed by atoms with Crippen molar-refractivity contribution in [2.75, 3.05) is 13.2 Å². The SMILES string of the molecule is C[C@@H](C(=O)OCC(=O)NCC(F)(F)F)N1C(=O)[C@H]2CC=CC[C@@H]2C1=O. The number of imide groups is 1. The number of alkyl halides is 3. The molecular formula is C15H17F3N2O5. The number of hydrogen-bond acceptors (Lipinski definition) is 5. The van der Waals surface area contributed by atoms with Gasteiger partial charge in [-0.2, -0.15) is 13.2 Å². The Hall–Kier alpha value is -2.39. The van der Waals surface area contributed by atoms with Crippen molar-refractivity contribution < 1.29 is 37.1 Å². The quantitative estimate of drug-likeness (QED) is 0.438. The van der Waals surface area contributed by atoms with Gasteiger partial charge < -0.3 is 10.1 Å². The van der Waals surface area contributed by atoms with Crippen LogP contribution in [0.1, 0.15) is 19.8 Å². The number of ether oxygens (including phenoxy) is 1. The highest BCUT2D eigenvalue weighted by Crippen LogP contribution is 2.36. The fourth-order valence-corrected chi connectivity index (χ4v) is 2.82. The van der Waals surface area contributed by atoms with Gasteiger partial charge in [-0.1, -0.05) is 12.2 Å². The van der Waals surface area contributed by atoms with Gasteiger partial charge in [0.15, 0.2) is 6.61 Å². The van der Waals surface area contributed by atoms with Crippen LogP contribution in [0.25, 0.3) is 0 Å². The Morgan fingerprint density at radius 2 is 1.76 bits per heavy atom. The number of nitrogens with one attached hydrogen (secondary N) is 1. The molecule has 2 rings (SSSR count). The van der Waals surface area contributed by atoms with Crippen molar-refractivity contribution in [1.29, 1.82) is 0 Å². The minimum Gasteiger partial charge on any atom is -0.454 e. The van der Waals surface area contributed by atoms with Crippen molar-refractivity contribution in [3.05, 3.63) is 12.2 Å². The number of halogens is 3. The third-order valence-corrected chi connectivity index (χ3v) is 4.10. The summed E-state index contributed by atoms with van der Waals surface area (Å²) < 4.78 is 40.5. The zero-order valence-corrected chi connectivity index (χ0v) is 13.3. The van der Waals surface area contributed by atoms with Crippen LogP contribution in [0.2, 0.25) is 0 Å². The number of carbonyl (C=O) groups excluding carboxylic acids is 4. The molecule has 138 valence electrons. The summed E-state index contributed by atoms with van der Waals surface area (Å²) in [5.41, 5.74) is 0. The Kier molecular flexibility index (Phi) is 5.48. The lowest BCUT2D eigenvalue weighted by Crippen LogP contribution is -2.45. The van der Waals surface area contributed by atoms with Gasteiger partial charge in [-0.25, -0.2) is 4.79 Å². The average molecular weight is 362 g/mol. The lowest BCUT2D eigenvalue weighted by Gasteiger charge is -2.21. The van der Waals surface area contributed by atoms with Crippen LogP contribution in [0.15, 0.2) is 12.2 Å². The molecule has 1 saturated heterocycles. The van der Waals surface area contributed by atoms with Gasteiger partial charge in [0.2, 0.25) is 11.8 Å². The number of allylic oxidation sites excluding steroid dienone is 2. The number of likely N-dealkylation sites (tertiary alicyclic amines) is 1. The van der Waals surface area contributed by atoms with Crippen molar-refractivity contribution in [2.45, 2.75) is 32.0 Å². The average Bonchev–Trinajstić information content (AvgIpc) is 2.81. The first-order valence-electron chi connectivity index (χ1n) is 7.64. The van der Waals surface area contributed by atoms with Crippen molar-refractivity contribution in [2.24, 2.45) is 11.8 Å². The molecule has 0 bridgehead atoms. The molecule has 25 heavy (non-hydrogen) atoms. The predicted octanol–water partition coefficient (Wildman–Crippen LogP) is 0.548. The summed E-state index contributed by atoms with van der Waals surface area (Å²) in [4.78, 5) is 48.6. The Balaban J connectivity index is 1.89. The second-order valence-electron chi connectivity index (χ2n) is 5.88. The summed E-state index contributed by atoms with van der Waals surface area (Å²) in [6.07, 6.45) is -0.167. The molecule has 3 atom stereocenters. The second kappa shape index (κ2) is 7.24. The maximum atomic E-state index is 12.3.